The highest BCUT2D eigenvalue weighted by molar-refractivity contribution is 7.99. The van der Waals surface area contributed by atoms with E-state index in [0.717, 1.165) is 24.4 Å². The van der Waals surface area contributed by atoms with Gasteiger partial charge < -0.3 is 4.52 Å². The standard InChI is InChI=1S/C14H13ClN6OS/c1-8(13-16-12(18-22-13)9-5-6-9)23-14-17-19-20-21(14)11-4-2-3-10(15)7-11/h2-4,7-9H,5-6H2,1H3/t8-/m0/s1. The van der Waals surface area contributed by atoms with E-state index < -0.39 is 0 Å². The van der Waals surface area contributed by atoms with Gasteiger partial charge in [-0.2, -0.15) is 9.67 Å². The van der Waals surface area contributed by atoms with Gasteiger partial charge in [-0.1, -0.05) is 34.6 Å². The van der Waals surface area contributed by atoms with Crippen LogP contribution >= 0.6 is 23.4 Å². The molecule has 0 spiro atoms. The van der Waals surface area contributed by atoms with E-state index in [1.54, 1.807) is 4.68 Å². The zero-order valence-electron chi connectivity index (χ0n) is 12.3. The third-order valence-corrected chi connectivity index (χ3v) is 4.78. The van der Waals surface area contributed by atoms with Gasteiger partial charge in [0.15, 0.2) is 5.82 Å². The zero-order valence-corrected chi connectivity index (χ0v) is 13.8. The third kappa shape index (κ3) is 3.09. The largest absolute Gasteiger partial charge is 0.338 e. The van der Waals surface area contributed by atoms with Crippen molar-refractivity contribution < 1.29 is 4.52 Å². The van der Waals surface area contributed by atoms with Gasteiger partial charge in [0.25, 0.3) is 0 Å². The molecule has 2 aromatic heterocycles. The molecule has 1 aromatic carbocycles. The smallest absolute Gasteiger partial charge is 0.239 e. The van der Waals surface area contributed by atoms with Crippen LogP contribution in [0.4, 0.5) is 0 Å². The highest BCUT2D eigenvalue weighted by atomic mass is 35.5. The van der Waals surface area contributed by atoms with Crippen LogP contribution in [-0.2, 0) is 0 Å². The maximum Gasteiger partial charge on any atom is 0.239 e. The van der Waals surface area contributed by atoms with Crippen LogP contribution in [0.15, 0.2) is 33.9 Å². The molecule has 0 amide bonds. The van der Waals surface area contributed by atoms with Crippen molar-refractivity contribution in [2.75, 3.05) is 0 Å². The molecule has 1 fully saturated rings. The van der Waals surface area contributed by atoms with Crippen molar-refractivity contribution >= 4 is 23.4 Å². The predicted molar refractivity (Wildman–Crippen MR) is 84.7 cm³/mol. The Morgan fingerprint density at radius 2 is 2.26 bits per heavy atom. The molecule has 0 saturated heterocycles. The molecule has 7 nitrogen and oxygen atoms in total. The number of halogens is 1. The Kier molecular flexibility index (Phi) is 3.78. The molecule has 1 aliphatic rings. The zero-order chi connectivity index (χ0) is 15.8. The Morgan fingerprint density at radius 1 is 1.39 bits per heavy atom. The molecule has 2 heterocycles. The molecular formula is C14H13ClN6OS. The van der Waals surface area contributed by atoms with E-state index in [1.807, 2.05) is 31.2 Å². The maximum atomic E-state index is 6.03. The maximum absolute atomic E-state index is 6.03. The summed E-state index contributed by atoms with van der Waals surface area (Å²) in [4.78, 5) is 4.47. The normalized spacial score (nSPS) is 15.7. The number of rotatable bonds is 5. The minimum Gasteiger partial charge on any atom is -0.338 e. The average Bonchev–Trinajstić information content (AvgIpc) is 3.09. The van der Waals surface area contributed by atoms with E-state index in [0.29, 0.717) is 22.0 Å². The number of thioether (sulfide) groups is 1. The number of hydrogen-bond donors (Lipinski definition) is 0. The minimum absolute atomic E-state index is 0.0427. The lowest BCUT2D eigenvalue weighted by Crippen LogP contribution is -2.00. The van der Waals surface area contributed by atoms with Crippen LogP contribution in [0.5, 0.6) is 0 Å². The lowest BCUT2D eigenvalue weighted by molar-refractivity contribution is 0.374. The van der Waals surface area contributed by atoms with E-state index in [4.69, 9.17) is 16.1 Å². The molecule has 1 saturated carbocycles. The second-order valence-corrected chi connectivity index (χ2v) is 7.12. The van der Waals surface area contributed by atoms with Crippen molar-refractivity contribution in [2.45, 2.75) is 36.1 Å². The SMILES string of the molecule is C[C@H](Sc1nnnn1-c1cccc(Cl)c1)c1nc(C2CC2)no1. The Bertz CT molecular complexity index is 830. The fourth-order valence-corrected chi connectivity index (χ4v) is 3.17. The number of tetrazole rings is 1. The minimum atomic E-state index is -0.0427. The lowest BCUT2D eigenvalue weighted by Gasteiger charge is -2.07. The second kappa shape index (κ2) is 5.93. The summed E-state index contributed by atoms with van der Waals surface area (Å²) in [5, 5.41) is 17.1. The Balaban J connectivity index is 1.55. The Hall–Kier alpha value is -1.93. The van der Waals surface area contributed by atoms with E-state index in [9.17, 15) is 0 Å². The monoisotopic (exact) mass is 348 g/mol. The van der Waals surface area contributed by atoms with Gasteiger partial charge in [0.05, 0.1) is 10.9 Å². The molecule has 9 heteroatoms. The molecule has 1 atom stereocenters. The first kappa shape index (κ1) is 14.6. The van der Waals surface area contributed by atoms with Crippen LogP contribution in [0.25, 0.3) is 5.69 Å². The molecule has 0 N–H and O–H groups in total. The first-order valence-electron chi connectivity index (χ1n) is 7.25. The fraction of sp³-hybridized carbons (Fsp3) is 0.357. The number of aromatic nitrogens is 6. The molecule has 0 unspecified atom stereocenters. The Labute approximate surface area is 141 Å². The van der Waals surface area contributed by atoms with E-state index in [2.05, 4.69) is 25.7 Å². The van der Waals surface area contributed by atoms with Gasteiger partial charge in [-0.3, -0.25) is 0 Å². The number of benzene rings is 1. The van der Waals surface area contributed by atoms with Crippen LogP contribution in [0, 0.1) is 0 Å². The van der Waals surface area contributed by atoms with Crippen molar-refractivity contribution in [2.24, 2.45) is 0 Å². The van der Waals surface area contributed by atoms with Gasteiger partial charge in [0.2, 0.25) is 11.0 Å². The topological polar surface area (TPSA) is 82.5 Å². The fourth-order valence-electron chi connectivity index (χ4n) is 2.15. The van der Waals surface area contributed by atoms with Gasteiger partial charge >= 0.3 is 0 Å². The van der Waals surface area contributed by atoms with Crippen LogP contribution in [0.1, 0.15) is 42.6 Å². The van der Waals surface area contributed by atoms with Crippen LogP contribution in [0.3, 0.4) is 0 Å². The van der Waals surface area contributed by atoms with Gasteiger partial charge in [-0.15, -0.1) is 5.10 Å². The summed E-state index contributed by atoms with van der Waals surface area (Å²) in [5.74, 6) is 1.88. The molecule has 0 aliphatic heterocycles. The van der Waals surface area contributed by atoms with E-state index in [1.165, 1.54) is 11.8 Å². The van der Waals surface area contributed by atoms with Crippen molar-refractivity contribution in [1.82, 2.24) is 30.3 Å². The quantitative estimate of drug-likeness (QED) is 0.653. The second-order valence-electron chi connectivity index (χ2n) is 5.38. The summed E-state index contributed by atoms with van der Waals surface area (Å²) in [6.45, 7) is 1.99. The Morgan fingerprint density at radius 3 is 3.04 bits per heavy atom. The van der Waals surface area contributed by atoms with Gasteiger partial charge in [0.1, 0.15) is 0 Å². The van der Waals surface area contributed by atoms with Crippen molar-refractivity contribution in [3.8, 4) is 5.69 Å². The summed E-state index contributed by atoms with van der Waals surface area (Å²) in [6.07, 6.45) is 2.29. The highest BCUT2D eigenvalue weighted by Crippen LogP contribution is 2.40. The van der Waals surface area contributed by atoms with E-state index >= 15 is 0 Å². The van der Waals surface area contributed by atoms with Crippen LogP contribution < -0.4 is 0 Å². The molecule has 118 valence electrons. The molecular weight excluding hydrogens is 336 g/mol. The molecule has 0 radical (unpaired) electrons. The van der Waals surface area contributed by atoms with Crippen LogP contribution in [-0.4, -0.2) is 30.3 Å². The molecule has 1 aliphatic carbocycles. The first-order valence-corrected chi connectivity index (χ1v) is 8.51. The van der Waals surface area contributed by atoms with E-state index in [-0.39, 0.29) is 5.25 Å². The highest BCUT2D eigenvalue weighted by Gasteiger charge is 2.30. The number of hydrogen-bond acceptors (Lipinski definition) is 7. The molecule has 4 rings (SSSR count). The average molecular weight is 349 g/mol. The van der Waals surface area contributed by atoms with Gasteiger partial charge in [-0.05, 0) is 48.4 Å². The molecule has 0 bridgehead atoms. The number of nitrogens with zero attached hydrogens (tertiary/aromatic N) is 6. The summed E-state index contributed by atoms with van der Waals surface area (Å²) in [6, 6.07) is 7.37. The van der Waals surface area contributed by atoms with Crippen molar-refractivity contribution in [1.29, 1.82) is 0 Å². The lowest BCUT2D eigenvalue weighted by atomic mass is 10.3. The molecule has 23 heavy (non-hydrogen) atoms. The van der Waals surface area contributed by atoms with Gasteiger partial charge in [-0.25, -0.2) is 0 Å². The van der Waals surface area contributed by atoms with Crippen molar-refractivity contribution in [3.63, 3.8) is 0 Å². The predicted octanol–water partition coefficient (Wildman–Crippen LogP) is 3.43. The summed E-state index contributed by atoms with van der Waals surface area (Å²) in [5.41, 5.74) is 0.807. The third-order valence-electron chi connectivity index (χ3n) is 3.52. The summed E-state index contributed by atoms with van der Waals surface area (Å²) in [7, 11) is 0. The van der Waals surface area contributed by atoms with Crippen molar-refractivity contribution in [3.05, 3.63) is 41.0 Å². The summed E-state index contributed by atoms with van der Waals surface area (Å²) >= 11 is 7.50. The van der Waals surface area contributed by atoms with Crippen LogP contribution in [0.2, 0.25) is 5.02 Å². The summed E-state index contributed by atoms with van der Waals surface area (Å²) < 4.78 is 7.00. The van der Waals surface area contributed by atoms with Gasteiger partial charge in [0, 0.05) is 10.9 Å². The first-order chi connectivity index (χ1) is 11.2. The molecule has 3 aromatic rings.